The summed E-state index contributed by atoms with van der Waals surface area (Å²) in [7, 11) is -11.1. The van der Waals surface area contributed by atoms with E-state index in [1.165, 1.54) is 25.6 Å². The number of halogens is 6. The van der Waals surface area contributed by atoms with Crippen LogP contribution in [0.5, 0.6) is 0 Å². The number of benzene rings is 1. The van der Waals surface area contributed by atoms with E-state index in [0.717, 1.165) is 4.90 Å². The summed E-state index contributed by atoms with van der Waals surface area (Å²) in [4.78, 5) is 38.5. The number of hydrogen-bond acceptors (Lipinski definition) is 9. The van der Waals surface area contributed by atoms with Gasteiger partial charge in [0.05, 0.1) is 13.7 Å². The van der Waals surface area contributed by atoms with Crippen molar-refractivity contribution >= 4 is 45.8 Å². The van der Waals surface area contributed by atoms with Crippen LogP contribution in [0.25, 0.3) is 0 Å². The molecule has 1 saturated heterocycles. The Balaban J connectivity index is 0.000000984. The number of carbonyl (C=O) groups excluding carboxylic acids is 3. The fourth-order valence-corrected chi connectivity index (χ4v) is 6.11. The molecular weight excluding hydrogens is 697 g/mol. The molecule has 1 aromatic carbocycles. The molecule has 1 aliphatic rings. The van der Waals surface area contributed by atoms with Crippen LogP contribution in [0.4, 0.5) is 25.2 Å². The molecule has 0 unspecified atom stereocenters. The van der Waals surface area contributed by atoms with Crippen LogP contribution < -0.4 is 4.57 Å². The van der Waals surface area contributed by atoms with Crippen molar-refractivity contribution < 1.29 is 67.5 Å². The maximum absolute atomic E-state index is 13.1. The van der Waals surface area contributed by atoms with E-state index in [4.69, 9.17) is 23.4 Å². The molecule has 0 aliphatic carbocycles. The van der Waals surface area contributed by atoms with Crippen molar-refractivity contribution in [3.63, 3.8) is 0 Å². The van der Waals surface area contributed by atoms with Crippen molar-refractivity contribution in [2.75, 3.05) is 6.61 Å². The molecule has 0 saturated carbocycles. The SMILES string of the molecule is CC(=O)O[C@@H]1[C@@H](OC(C)=O)[C@H](Sc2ccccc2)O[C@H](CO[Si](C)(C)C(C)(C)C)[C@H]1OC(=O)Cn1cc[n+](C)c1.F[P-](F)(F)(F)(F)F. The summed E-state index contributed by atoms with van der Waals surface area (Å²) in [6, 6.07) is 9.49. The summed E-state index contributed by atoms with van der Waals surface area (Å²) in [5, 5.41) is -0.0778. The summed E-state index contributed by atoms with van der Waals surface area (Å²) < 4.78 is 93.0. The minimum atomic E-state index is -10.7. The molecule has 19 heteroatoms. The number of esters is 3. The third kappa shape index (κ3) is 15.4. The van der Waals surface area contributed by atoms with Crippen LogP contribution in [-0.2, 0) is 51.3 Å². The van der Waals surface area contributed by atoms with Gasteiger partial charge in [0.1, 0.15) is 23.9 Å². The molecule has 0 amide bonds. The van der Waals surface area contributed by atoms with Crippen LogP contribution in [-0.4, -0.2) is 67.3 Å². The number of carbonyl (C=O) groups is 3. The van der Waals surface area contributed by atoms with Gasteiger partial charge in [0, 0.05) is 18.7 Å². The standard InChI is InChI=1S/C28H41N2O8SSi.F6P/c1-19(31)35-25-24(38-23(33)16-30-15-14-29(6)18-30)22(17-34-40(7,8)28(3,4)5)37-27(26(25)36-20(2)32)39-21-12-10-9-11-13-21;1-7(2,3,4,5)6/h9-15,18,22,24-27H,16-17H2,1-8H3;/q+1;-1/t22-,24-,25+,26-,27+;/m1./s1. The number of hydrogen-bond donors (Lipinski definition) is 0. The number of rotatable bonds is 10. The third-order valence-electron chi connectivity index (χ3n) is 7.01. The second kappa shape index (κ2) is 14.4. The molecule has 0 N–H and O–H groups in total. The topological polar surface area (TPSA) is 106 Å². The van der Waals surface area contributed by atoms with Crippen molar-refractivity contribution in [3.05, 3.63) is 49.1 Å². The molecule has 0 radical (unpaired) electrons. The van der Waals surface area contributed by atoms with Crippen molar-refractivity contribution in [1.82, 2.24) is 4.57 Å². The van der Waals surface area contributed by atoms with Crippen molar-refractivity contribution in [1.29, 1.82) is 0 Å². The molecule has 1 fully saturated rings. The summed E-state index contributed by atoms with van der Waals surface area (Å²) in [6.07, 6.45) is 1.25. The molecule has 268 valence electrons. The van der Waals surface area contributed by atoms with Gasteiger partial charge >= 0.3 is 50.9 Å². The average Bonchev–Trinajstić information content (AvgIpc) is 3.28. The van der Waals surface area contributed by atoms with E-state index in [2.05, 4.69) is 33.9 Å². The number of aromatic nitrogens is 2. The van der Waals surface area contributed by atoms with E-state index in [-0.39, 0.29) is 18.2 Å². The molecule has 3 rings (SSSR count). The first-order valence-electron chi connectivity index (χ1n) is 14.2. The van der Waals surface area contributed by atoms with E-state index in [9.17, 15) is 39.6 Å². The first-order chi connectivity index (χ1) is 21.1. The number of nitrogens with zero attached hydrogens (tertiary/aromatic N) is 2. The molecule has 1 aliphatic heterocycles. The molecule has 1 aromatic heterocycles. The van der Waals surface area contributed by atoms with Gasteiger partial charge in [-0.05, 0) is 30.3 Å². The molecule has 5 atom stereocenters. The maximum atomic E-state index is 13.1. The Morgan fingerprint density at radius 1 is 0.936 bits per heavy atom. The molecular formula is C28H41F6N2O8PSSi. The van der Waals surface area contributed by atoms with E-state index < -0.39 is 63.9 Å². The van der Waals surface area contributed by atoms with Crippen LogP contribution in [0.2, 0.25) is 18.1 Å². The molecule has 2 heterocycles. The van der Waals surface area contributed by atoms with Crippen LogP contribution in [0.15, 0.2) is 53.9 Å². The summed E-state index contributed by atoms with van der Waals surface area (Å²) in [5.41, 5.74) is -0.762. The minimum absolute atomic E-state index is 0.0691. The van der Waals surface area contributed by atoms with Crippen LogP contribution in [0.1, 0.15) is 34.6 Å². The van der Waals surface area contributed by atoms with Crippen molar-refractivity contribution in [2.45, 2.75) is 94.0 Å². The van der Waals surface area contributed by atoms with Crippen LogP contribution >= 0.6 is 19.6 Å². The number of aryl methyl sites for hydroxylation is 1. The average molecular weight is 739 g/mol. The van der Waals surface area contributed by atoms with Gasteiger partial charge in [-0.25, -0.2) is 13.9 Å². The predicted octanol–water partition coefficient (Wildman–Crippen LogP) is 7.01. The Bertz CT molecular complexity index is 1380. The van der Waals surface area contributed by atoms with Gasteiger partial charge in [-0.1, -0.05) is 50.7 Å². The first kappa shape index (κ1) is 40.5. The Hall–Kier alpha value is -2.66. The quantitative estimate of drug-likeness (QED) is 0.0636. The monoisotopic (exact) mass is 738 g/mol. The molecule has 2 aromatic rings. The summed E-state index contributed by atoms with van der Waals surface area (Å²) in [6.45, 7) is 13.2. The van der Waals surface area contributed by atoms with Crippen LogP contribution in [0, 0.1) is 0 Å². The van der Waals surface area contributed by atoms with Gasteiger partial charge in [-0.3, -0.25) is 9.59 Å². The second-order valence-corrected chi connectivity index (χ2v) is 20.3. The molecule has 0 spiro atoms. The van der Waals surface area contributed by atoms with Gasteiger partial charge in [0.25, 0.3) is 0 Å². The van der Waals surface area contributed by atoms with Gasteiger partial charge in [0.2, 0.25) is 6.33 Å². The van der Waals surface area contributed by atoms with E-state index in [0.29, 0.717) is 0 Å². The Morgan fingerprint density at radius 2 is 1.47 bits per heavy atom. The number of ether oxygens (including phenoxy) is 4. The normalized spacial score (nSPS) is 23.3. The Labute approximate surface area is 274 Å². The predicted molar refractivity (Wildman–Crippen MR) is 164 cm³/mol. The fourth-order valence-electron chi connectivity index (χ4n) is 3.97. The second-order valence-electron chi connectivity index (χ2n) is 12.4. The van der Waals surface area contributed by atoms with Crippen molar-refractivity contribution in [2.24, 2.45) is 7.05 Å². The van der Waals surface area contributed by atoms with Gasteiger partial charge in [-0.15, -0.1) is 0 Å². The third-order valence-corrected chi connectivity index (χ3v) is 12.7. The summed E-state index contributed by atoms with van der Waals surface area (Å²) in [5.74, 6) is -1.74. The first-order valence-corrected chi connectivity index (χ1v) is 20.1. The van der Waals surface area contributed by atoms with Gasteiger partial charge in [0.15, 0.2) is 33.2 Å². The fraction of sp³-hybridized carbons (Fsp3) is 0.571. The summed E-state index contributed by atoms with van der Waals surface area (Å²) >= 11 is 1.33. The van der Waals surface area contributed by atoms with Gasteiger partial charge in [-0.2, -0.15) is 0 Å². The zero-order valence-electron chi connectivity index (χ0n) is 27.2. The zero-order chi connectivity index (χ0) is 36.1. The zero-order valence-corrected chi connectivity index (χ0v) is 29.9. The molecule has 0 bridgehead atoms. The molecule has 10 nitrogen and oxygen atoms in total. The van der Waals surface area contributed by atoms with Gasteiger partial charge < -0.3 is 23.4 Å². The Morgan fingerprint density at radius 3 is 1.94 bits per heavy atom. The number of thioether (sulfide) groups is 1. The Kier molecular flexibility index (Phi) is 12.4. The number of imidazole rings is 1. The van der Waals surface area contributed by atoms with E-state index in [1.54, 1.807) is 27.9 Å². The van der Waals surface area contributed by atoms with E-state index in [1.807, 2.05) is 37.4 Å². The van der Waals surface area contributed by atoms with Crippen LogP contribution in [0.3, 0.4) is 0 Å². The van der Waals surface area contributed by atoms with Crippen molar-refractivity contribution in [3.8, 4) is 0 Å². The van der Waals surface area contributed by atoms with E-state index >= 15 is 0 Å². The molecule has 47 heavy (non-hydrogen) atoms.